The largest absolute Gasteiger partial charge is 0.260 e. The molecule has 0 radical (unpaired) electrons. The monoisotopic (exact) mass is 135 g/mol. The molecule has 0 amide bonds. The number of hydrogen-bond acceptors (Lipinski definition) is 3. The van der Waals surface area contributed by atoms with Crippen LogP contribution in [0.25, 0.3) is 0 Å². The van der Waals surface area contributed by atoms with Gasteiger partial charge in [-0.2, -0.15) is 5.26 Å². The number of nitriles is 1. The highest BCUT2D eigenvalue weighted by atomic mass is 14.8. The van der Waals surface area contributed by atoms with Gasteiger partial charge in [0.1, 0.15) is 6.07 Å². The van der Waals surface area contributed by atoms with E-state index in [-0.39, 0.29) is 0 Å². The summed E-state index contributed by atoms with van der Waals surface area (Å²) in [5.41, 5.74) is 0.354. The first-order valence-corrected chi connectivity index (χ1v) is 3.09. The maximum Gasteiger partial charge on any atom is 0.158 e. The van der Waals surface area contributed by atoms with Gasteiger partial charge in [0.15, 0.2) is 5.69 Å². The molecule has 1 heterocycles. The Balaban J connectivity index is 0.000000371. The van der Waals surface area contributed by atoms with Crippen LogP contribution in [0.5, 0.6) is 0 Å². The molecule has 1 rings (SSSR count). The van der Waals surface area contributed by atoms with Crippen molar-refractivity contribution in [3.05, 3.63) is 24.3 Å². The molecule has 0 bridgehead atoms. The van der Waals surface area contributed by atoms with E-state index < -0.39 is 0 Å². The molecule has 0 fully saturated rings. The summed E-state index contributed by atoms with van der Waals surface area (Å²) < 4.78 is 0. The molecular weight excluding hydrogens is 126 g/mol. The molecule has 0 aliphatic rings. The third-order valence-electron chi connectivity index (χ3n) is 0.678. The summed E-state index contributed by atoms with van der Waals surface area (Å²) in [6.45, 7) is 4.00. The second kappa shape index (κ2) is 5.70. The third-order valence-corrected chi connectivity index (χ3v) is 0.678. The number of rotatable bonds is 0. The predicted octanol–water partition coefficient (Wildman–Crippen LogP) is 1.37. The molecule has 0 aromatic carbocycles. The van der Waals surface area contributed by atoms with Crippen molar-refractivity contribution >= 4 is 0 Å². The lowest BCUT2D eigenvalue weighted by atomic mass is 10.5. The topological polar surface area (TPSA) is 49.6 Å². The van der Waals surface area contributed by atoms with E-state index in [0.29, 0.717) is 5.69 Å². The van der Waals surface area contributed by atoms with Crippen LogP contribution < -0.4 is 0 Å². The van der Waals surface area contributed by atoms with E-state index in [1.165, 1.54) is 18.6 Å². The van der Waals surface area contributed by atoms with Gasteiger partial charge in [-0.15, -0.1) is 0 Å². The molecule has 0 unspecified atom stereocenters. The molecular formula is C7H9N3. The van der Waals surface area contributed by atoms with E-state index in [1.807, 2.05) is 19.9 Å². The summed E-state index contributed by atoms with van der Waals surface area (Å²) in [5, 5.41) is 8.19. The molecule has 52 valence electrons. The first kappa shape index (κ1) is 8.57. The lowest BCUT2D eigenvalue weighted by Gasteiger charge is -1.79. The Labute approximate surface area is 60.4 Å². The van der Waals surface area contributed by atoms with Gasteiger partial charge in [-0.25, -0.2) is 4.98 Å². The smallest absolute Gasteiger partial charge is 0.158 e. The van der Waals surface area contributed by atoms with Gasteiger partial charge in [-0.1, -0.05) is 13.8 Å². The highest BCUT2D eigenvalue weighted by molar-refractivity contribution is 5.13. The highest BCUT2D eigenvalue weighted by Crippen LogP contribution is 1.82. The maximum atomic E-state index is 8.19. The molecule has 1 aromatic heterocycles. The minimum absolute atomic E-state index is 0.354. The molecule has 0 spiro atoms. The van der Waals surface area contributed by atoms with Crippen molar-refractivity contribution in [1.82, 2.24) is 9.97 Å². The van der Waals surface area contributed by atoms with Crippen LogP contribution in [0.3, 0.4) is 0 Å². The van der Waals surface area contributed by atoms with Gasteiger partial charge in [-0.05, 0) is 0 Å². The number of aromatic nitrogens is 2. The van der Waals surface area contributed by atoms with E-state index in [2.05, 4.69) is 9.97 Å². The first-order chi connectivity index (χ1) is 4.93. The van der Waals surface area contributed by atoms with Crippen LogP contribution in [-0.2, 0) is 0 Å². The fourth-order valence-electron chi connectivity index (χ4n) is 0.357. The summed E-state index contributed by atoms with van der Waals surface area (Å²) in [6, 6.07) is 1.85. The molecule has 10 heavy (non-hydrogen) atoms. The maximum absolute atomic E-state index is 8.19. The molecule has 0 saturated heterocycles. The van der Waals surface area contributed by atoms with Crippen LogP contribution >= 0.6 is 0 Å². The van der Waals surface area contributed by atoms with Crippen molar-refractivity contribution in [3.8, 4) is 6.07 Å². The Bertz CT molecular complexity index is 200. The van der Waals surface area contributed by atoms with Crippen molar-refractivity contribution in [2.24, 2.45) is 0 Å². The van der Waals surface area contributed by atoms with E-state index in [9.17, 15) is 0 Å². The Morgan fingerprint density at radius 2 is 2.10 bits per heavy atom. The zero-order valence-corrected chi connectivity index (χ0v) is 6.07. The van der Waals surface area contributed by atoms with Crippen LogP contribution in [0.4, 0.5) is 0 Å². The highest BCUT2D eigenvalue weighted by Gasteiger charge is 1.82. The van der Waals surface area contributed by atoms with Gasteiger partial charge in [-0.3, -0.25) is 4.98 Å². The average molecular weight is 135 g/mol. The summed E-state index contributed by atoms with van der Waals surface area (Å²) in [4.78, 5) is 7.34. The summed E-state index contributed by atoms with van der Waals surface area (Å²) in [7, 11) is 0. The van der Waals surface area contributed by atoms with Gasteiger partial charge in [0.05, 0.1) is 6.20 Å². The van der Waals surface area contributed by atoms with Gasteiger partial charge >= 0.3 is 0 Å². The van der Waals surface area contributed by atoms with Crippen molar-refractivity contribution in [1.29, 1.82) is 5.26 Å². The first-order valence-electron chi connectivity index (χ1n) is 3.09. The van der Waals surface area contributed by atoms with E-state index in [1.54, 1.807) is 0 Å². The third kappa shape index (κ3) is 2.78. The number of nitrogens with zero attached hydrogens (tertiary/aromatic N) is 3. The lowest BCUT2D eigenvalue weighted by molar-refractivity contribution is 1.16. The van der Waals surface area contributed by atoms with Crippen LogP contribution in [0, 0.1) is 11.3 Å². The quantitative estimate of drug-likeness (QED) is 0.540. The molecule has 0 aliphatic carbocycles. The van der Waals surface area contributed by atoms with Crippen molar-refractivity contribution < 1.29 is 0 Å². The van der Waals surface area contributed by atoms with Gasteiger partial charge < -0.3 is 0 Å². The minimum Gasteiger partial charge on any atom is -0.260 e. The number of hydrogen-bond donors (Lipinski definition) is 0. The zero-order chi connectivity index (χ0) is 7.82. The van der Waals surface area contributed by atoms with Crippen molar-refractivity contribution in [2.75, 3.05) is 0 Å². The normalized spacial score (nSPS) is 6.90. The summed E-state index contributed by atoms with van der Waals surface area (Å²) in [6.07, 6.45) is 4.43. The van der Waals surface area contributed by atoms with Crippen LogP contribution in [0.15, 0.2) is 18.6 Å². The summed E-state index contributed by atoms with van der Waals surface area (Å²) >= 11 is 0. The SMILES string of the molecule is CC.N#Cc1cnccn1. The van der Waals surface area contributed by atoms with E-state index in [0.717, 1.165) is 0 Å². The molecule has 3 heteroatoms. The molecule has 1 aromatic rings. The molecule has 0 N–H and O–H groups in total. The fourth-order valence-corrected chi connectivity index (χ4v) is 0.357. The zero-order valence-electron chi connectivity index (χ0n) is 6.07. The lowest BCUT2D eigenvalue weighted by Crippen LogP contribution is -1.79. The van der Waals surface area contributed by atoms with Crippen LogP contribution in [0.1, 0.15) is 19.5 Å². The van der Waals surface area contributed by atoms with E-state index in [4.69, 9.17) is 5.26 Å². The Morgan fingerprint density at radius 1 is 1.40 bits per heavy atom. The van der Waals surface area contributed by atoms with Gasteiger partial charge in [0, 0.05) is 12.4 Å². The molecule has 0 atom stereocenters. The predicted molar refractivity (Wildman–Crippen MR) is 38.1 cm³/mol. The van der Waals surface area contributed by atoms with E-state index >= 15 is 0 Å². The molecule has 0 aliphatic heterocycles. The average Bonchev–Trinajstić information content (AvgIpc) is 2.10. The molecule has 3 nitrogen and oxygen atoms in total. The van der Waals surface area contributed by atoms with Crippen molar-refractivity contribution in [2.45, 2.75) is 13.8 Å². The molecule has 0 saturated carbocycles. The second-order valence-electron chi connectivity index (χ2n) is 1.20. The fraction of sp³-hybridized carbons (Fsp3) is 0.286. The van der Waals surface area contributed by atoms with Crippen molar-refractivity contribution in [3.63, 3.8) is 0 Å². The Morgan fingerprint density at radius 3 is 2.40 bits per heavy atom. The minimum atomic E-state index is 0.354. The Hall–Kier alpha value is -1.43. The Kier molecular flexibility index (Phi) is 4.89. The summed E-state index contributed by atoms with van der Waals surface area (Å²) in [5.74, 6) is 0. The standard InChI is InChI=1S/C5H3N3.C2H6/c6-3-5-4-7-1-2-8-5;1-2/h1-2,4H;1-2H3. The second-order valence-corrected chi connectivity index (χ2v) is 1.20. The van der Waals surface area contributed by atoms with Crippen LogP contribution in [0.2, 0.25) is 0 Å². The van der Waals surface area contributed by atoms with Gasteiger partial charge in [0.2, 0.25) is 0 Å². The van der Waals surface area contributed by atoms with Crippen LogP contribution in [-0.4, -0.2) is 9.97 Å². The van der Waals surface area contributed by atoms with Gasteiger partial charge in [0.25, 0.3) is 0 Å².